The first-order chi connectivity index (χ1) is 12.0. The number of nitrogens with one attached hydrogen (secondary N) is 3. The van der Waals surface area contributed by atoms with Crippen LogP contribution >= 0.6 is 0 Å². The van der Waals surface area contributed by atoms with Crippen LogP contribution < -0.4 is 16.0 Å². The molecule has 0 aliphatic carbocycles. The summed E-state index contributed by atoms with van der Waals surface area (Å²) in [6, 6.07) is 3.82. The van der Waals surface area contributed by atoms with E-state index in [1.54, 1.807) is 13.3 Å². The Labute approximate surface area is 150 Å². The number of carbonyl (C=O) groups excluding carboxylic acids is 1. The molecule has 0 aliphatic heterocycles. The van der Waals surface area contributed by atoms with Crippen molar-refractivity contribution >= 4 is 11.9 Å². The van der Waals surface area contributed by atoms with Gasteiger partial charge in [-0.25, -0.2) is 0 Å². The molecule has 0 bridgehead atoms. The molecule has 0 spiro atoms. The molecule has 0 fully saturated rings. The van der Waals surface area contributed by atoms with E-state index in [0.717, 1.165) is 31.8 Å². The molecule has 0 aromatic carbocycles. The van der Waals surface area contributed by atoms with Gasteiger partial charge in [0.25, 0.3) is 0 Å². The molecule has 0 aliphatic rings. The fraction of sp³-hybridized carbons (Fsp3) is 0.667. The van der Waals surface area contributed by atoms with Crippen LogP contribution in [0.15, 0.2) is 27.8 Å². The van der Waals surface area contributed by atoms with Crippen LogP contribution in [0.1, 0.15) is 33.0 Å². The highest BCUT2D eigenvalue weighted by Crippen LogP contribution is 2.15. The summed E-state index contributed by atoms with van der Waals surface area (Å²) in [7, 11) is 1.64. The second kappa shape index (κ2) is 11.5. The predicted molar refractivity (Wildman–Crippen MR) is 99.7 cm³/mol. The Balaban J connectivity index is 2.52. The van der Waals surface area contributed by atoms with Crippen LogP contribution in [-0.2, 0) is 16.0 Å². The lowest BCUT2D eigenvalue weighted by atomic mass is 9.93. The topological polar surface area (TPSA) is 87.9 Å². The smallest absolute Gasteiger partial charge is 0.227 e. The number of amides is 1. The number of carbonyl (C=O) groups is 1. The first-order valence-corrected chi connectivity index (χ1v) is 8.84. The molecule has 1 heterocycles. The summed E-state index contributed by atoms with van der Waals surface area (Å²) in [6.45, 7) is 9.04. The number of hydrogen-bond acceptors (Lipinski definition) is 4. The second-order valence-electron chi connectivity index (χ2n) is 6.36. The molecule has 7 heteroatoms. The maximum absolute atomic E-state index is 11.9. The maximum Gasteiger partial charge on any atom is 0.227 e. The molecular weight excluding hydrogens is 320 g/mol. The Bertz CT molecular complexity index is 512. The highest BCUT2D eigenvalue weighted by molar-refractivity contribution is 5.83. The number of aliphatic imine (C=N–C) groups is 1. The normalized spacial score (nSPS) is 12.1. The van der Waals surface area contributed by atoms with Crippen LogP contribution in [0.25, 0.3) is 0 Å². The summed E-state index contributed by atoms with van der Waals surface area (Å²) < 4.78 is 10.7. The van der Waals surface area contributed by atoms with Crippen LogP contribution in [0.2, 0.25) is 0 Å². The molecule has 0 unspecified atom stereocenters. The minimum absolute atomic E-state index is 0.0254. The largest absolute Gasteiger partial charge is 0.469 e. The molecule has 1 rings (SSSR count). The third kappa shape index (κ3) is 8.58. The van der Waals surface area contributed by atoms with Gasteiger partial charge in [0.2, 0.25) is 5.91 Å². The predicted octanol–water partition coefficient (Wildman–Crippen LogP) is 1.56. The van der Waals surface area contributed by atoms with Crippen molar-refractivity contribution in [3.8, 4) is 0 Å². The third-order valence-electron chi connectivity index (χ3n) is 3.68. The van der Waals surface area contributed by atoms with Gasteiger partial charge in [0.05, 0.1) is 18.2 Å². The molecule has 142 valence electrons. The molecule has 25 heavy (non-hydrogen) atoms. The summed E-state index contributed by atoms with van der Waals surface area (Å²) in [4.78, 5) is 16.5. The van der Waals surface area contributed by atoms with E-state index in [-0.39, 0.29) is 5.91 Å². The number of nitrogens with zero attached hydrogens (tertiary/aromatic N) is 1. The Hall–Kier alpha value is -2.02. The monoisotopic (exact) mass is 352 g/mol. The zero-order valence-corrected chi connectivity index (χ0v) is 15.9. The summed E-state index contributed by atoms with van der Waals surface area (Å²) in [5, 5.41) is 9.25. The zero-order valence-electron chi connectivity index (χ0n) is 15.9. The van der Waals surface area contributed by atoms with E-state index < -0.39 is 5.41 Å². The van der Waals surface area contributed by atoms with Gasteiger partial charge in [-0.3, -0.25) is 9.79 Å². The third-order valence-corrected chi connectivity index (χ3v) is 3.68. The Morgan fingerprint density at radius 3 is 2.72 bits per heavy atom. The van der Waals surface area contributed by atoms with Crippen molar-refractivity contribution in [2.24, 2.45) is 10.4 Å². The van der Waals surface area contributed by atoms with E-state index in [2.05, 4.69) is 20.9 Å². The first kappa shape index (κ1) is 21.0. The molecule has 3 N–H and O–H groups in total. The molecule has 1 amide bonds. The quantitative estimate of drug-likeness (QED) is 0.320. The molecule has 0 saturated heterocycles. The molecule has 0 radical (unpaired) electrons. The Kier molecular flexibility index (Phi) is 9.69. The van der Waals surface area contributed by atoms with Gasteiger partial charge >= 0.3 is 0 Å². The number of ether oxygens (including phenoxy) is 1. The number of rotatable bonds is 11. The molecular formula is C18H32N4O3. The minimum atomic E-state index is -0.560. The summed E-state index contributed by atoms with van der Waals surface area (Å²) in [5.74, 6) is 1.59. The molecule has 7 nitrogen and oxygen atoms in total. The van der Waals surface area contributed by atoms with Crippen molar-refractivity contribution in [3.05, 3.63) is 24.2 Å². The van der Waals surface area contributed by atoms with Gasteiger partial charge in [-0.2, -0.15) is 0 Å². The lowest BCUT2D eigenvalue weighted by Gasteiger charge is -2.21. The lowest BCUT2D eigenvalue weighted by Crippen LogP contribution is -2.42. The van der Waals surface area contributed by atoms with E-state index in [9.17, 15) is 4.79 Å². The number of furan rings is 1. The van der Waals surface area contributed by atoms with Gasteiger partial charge in [-0.15, -0.1) is 0 Å². The van der Waals surface area contributed by atoms with Gasteiger partial charge in [-0.05, 0) is 39.3 Å². The Morgan fingerprint density at radius 2 is 2.08 bits per heavy atom. The first-order valence-electron chi connectivity index (χ1n) is 8.84. The fourth-order valence-corrected chi connectivity index (χ4v) is 2.15. The van der Waals surface area contributed by atoms with Gasteiger partial charge < -0.3 is 25.1 Å². The average Bonchev–Trinajstić information content (AvgIpc) is 3.11. The lowest BCUT2D eigenvalue weighted by molar-refractivity contribution is -0.128. The highest BCUT2D eigenvalue weighted by atomic mass is 16.5. The standard InChI is InChI=1S/C18H32N4O3/c1-5-24-12-7-10-20-17(21-11-9-15-8-6-13-25-15)22-14-18(2,3)16(23)19-4/h6,8,13H,5,7,9-12,14H2,1-4H3,(H,19,23)(H2,20,21,22). The van der Waals surface area contributed by atoms with Crippen LogP contribution in [0.3, 0.4) is 0 Å². The number of guanidine groups is 1. The van der Waals surface area contributed by atoms with E-state index >= 15 is 0 Å². The molecule has 1 aromatic rings. The highest BCUT2D eigenvalue weighted by Gasteiger charge is 2.26. The second-order valence-corrected chi connectivity index (χ2v) is 6.36. The molecule has 0 saturated carbocycles. The van der Waals surface area contributed by atoms with Crippen molar-refractivity contribution in [2.75, 3.05) is 39.9 Å². The van der Waals surface area contributed by atoms with E-state index in [4.69, 9.17) is 9.15 Å². The van der Waals surface area contributed by atoms with Crippen molar-refractivity contribution < 1.29 is 13.9 Å². The number of hydrogen-bond donors (Lipinski definition) is 3. The van der Waals surface area contributed by atoms with Gasteiger partial charge in [0.15, 0.2) is 5.96 Å². The van der Waals surface area contributed by atoms with Crippen LogP contribution in [0.4, 0.5) is 0 Å². The van der Waals surface area contributed by atoms with E-state index in [0.29, 0.717) is 25.7 Å². The van der Waals surface area contributed by atoms with Crippen molar-refractivity contribution in [1.82, 2.24) is 16.0 Å². The minimum Gasteiger partial charge on any atom is -0.469 e. The molecule has 0 atom stereocenters. The van der Waals surface area contributed by atoms with Crippen molar-refractivity contribution in [2.45, 2.75) is 33.6 Å². The van der Waals surface area contributed by atoms with Gasteiger partial charge in [0, 0.05) is 39.8 Å². The van der Waals surface area contributed by atoms with Crippen LogP contribution in [0, 0.1) is 5.41 Å². The summed E-state index contributed by atoms with van der Waals surface area (Å²) in [5.41, 5.74) is -0.560. The van der Waals surface area contributed by atoms with E-state index in [1.807, 2.05) is 32.9 Å². The summed E-state index contributed by atoms with van der Waals surface area (Å²) >= 11 is 0. The fourth-order valence-electron chi connectivity index (χ4n) is 2.15. The average molecular weight is 352 g/mol. The van der Waals surface area contributed by atoms with E-state index in [1.165, 1.54) is 0 Å². The summed E-state index contributed by atoms with van der Waals surface area (Å²) in [6.07, 6.45) is 3.33. The van der Waals surface area contributed by atoms with Gasteiger partial charge in [0.1, 0.15) is 5.76 Å². The SMILES string of the molecule is CCOCCCNC(=NCC(C)(C)C(=O)NC)NCCc1ccco1. The van der Waals surface area contributed by atoms with Crippen LogP contribution in [0.5, 0.6) is 0 Å². The van der Waals surface area contributed by atoms with Gasteiger partial charge in [-0.1, -0.05) is 0 Å². The maximum atomic E-state index is 11.9. The van der Waals surface area contributed by atoms with Crippen molar-refractivity contribution in [3.63, 3.8) is 0 Å². The zero-order chi connectivity index (χ0) is 18.5. The van der Waals surface area contributed by atoms with Crippen LogP contribution in [-0.4, -0.2) is 51.8 Å². The molecule has 1 aromatic heterocycles. The van der Waals surface area contributed by atoms with Crippen molar-refractivity contribution in [1.29, 1.82) is 0 Å². The Morgan fingerprint density at radius 1 is 1.32 bits per heavy atom.